The van der Waals surface area contributed by atoms with Crippen molar-refractivity contribution in [2.24, 2.45) is 0 Å². The molecule has 80 valence electrons. The van der Waals surface area contributed by atoms with Crippen molar-refractivity contribution in [1.29, 1.82) is 0 Å². The van der Waals surface area contributed by atoms with Crippen LogP contribution in [0, 0.1) is 31.5 Å². The van der Waals surface area contributed by atoms with Crippen molar-refractivity contribution in [1.82, 2.24) is 0 Å². The SMILES string of the molecule is Cc1cc(F)cc(C)c1C#CC(C)(C)O. The summed E-state index contributed by atoms with van der Waals surface area (Å²) in [7, 11) is 0. The molecule has 1 rings (SSSR count). The lowest BCUT2D eigenvalue weighted by Gasteiger charge is -2.08. The van der Waals surface area contributed by atoms with Crippen molar-refractivity contribution in [3.63, 3.8) is 0 Å². The van der Waals surface area contributed by atoms with E-state index in [1.54, 1.807) is 13.8 Å². The highest BCUT2D eigenvalue weighted by atomic mass is 19.1. The number of aryl methyl sites for hydroxylation is 2. The van der Waals surface area contributed by atoms with E-state index in [2.05, 4.69) is 11.8 Å². The van der Waals surface area contributed by atoms with Crippen LogP contribution in [-0.2, 0) is 0 Å². The van der Waals surface area contributed by atoms with Crippen molar-refractivity contribution in [2.45, 2.75) is 33.3 Å². The summed E-state index contributed by atoms with van der Waals surface area (Å²) < 4.78 is 13.0. The summed E-state index contributed by atoms with van der Waals surface area (Å²) in [5.74, 6) is 5.35. The summed E-state index contributed by atoms with van der Waals surface area (Å²) in [5.41, 5.74) is 1.36. The molecule has 1 N–H and O–H groups in total. The van der Waals surface area contributed by atoms with E-state index in [1.807, 2.05) is 13.8 Å². The number of aliphatic hydroxyl groups is 1. The Morgan fingerprint density at radius 1 is 1.20 bits per heavy atom. The molecule has 2 heteroatoms. The van der Waals surface area contributed by atoms with Gasteiger partial charge in [-0.15, -0.1) is 0 Å². The Hall–Kier alpha value is -1.33. The fourth-order valence-electron chi connectivity index (χ4n) is 1.32. The normalized spacial score (nSPS) is 10.8. The van der Waals surface area contributed by atoms with Crippen molar-refractivity contribution < 1.29 is 9.50 Å². The monoisotopic (exact) mass is 206 g/mol. The Balaban J connectivity index is 3.20. The Kier molecular flexibility index (Phi) is 3.16. The van der Waals surface area contributed by atoms with E-state index >= 15 is 0 Å². The lowest BCUT2D eigenvalue weighted by atomic mass is 10.0. The van der Waals surface area contributed by atoms with Gasteiger partial charge in [-0.05, 0) is 51.0 Å². The van der Waals surface area contributed by atoms with Crippen LogP contribution in [0.5, 0.6) is 0 Å². The largest absolute Gasteiger partial charge is 0.378 e. The molecule has 0 aliphatic carbocycles. The molecule has 0 bridgehead atoms. The van der Waals surface area contributed by atoms with Crippen molar-refractivity contribution >= 4 is 0 Å². The third kappa shape index (κ3) is 3.38. The summed E-state index contributed by atoms with van der Waals surface area (Å²) in [6.07, 6.45) is 0. The standard InChI is InChI=1S/C13H15FO/c1-9-7-11(14)8-10(2)12(9)5-6-13(3,4)15/h7-8,15H,1-4H3. The van der Waals surface area contributed by atoms with Gasteiger partial charge in [0.05, 0.1) is 0 Å². The van der Waals surface area contributed by atoms with Crippen LogP contribution in [0.4, 0.5) is 4.39 Å². The fourth-order valence-corrected chi connectivity index (χ4v) is 1.32. The van der Waals surface area contributed by atoms with Gasteiger partial charge in [0.15, 0.2) is 0 Å². The maximum atomic E-state index is 13.0. The van der Waals surface area contributed by atoms with E-state index in [0.29, 0.717) is 0 Å². The molecule has 1 nitrogen and oxygen atoms in total. The van der Waals surface area contributed by atoms with Crippen molar-refractivity contribution in [2.75, 3.05) is 0 Å². The maximum Gasteiger partial charge on any atom is 0.123 e. The zero-order chi connectivity index (χ0) is 11.6. The molecule has 0 saturated carbocycles. The smallest absolute Gasteiger partial charge is 0.123 e. The minimum Gasteiger partial charge on any atom is -0.378 e. The lowest BCUT2D eigenvalue weighted by Crippen LogP contribution is -2.14. The van der Waals surface area contributed by atoms with E-state index in [4.69, 9.17) is 0 Å². The van der Waals surface area contributed by atoms with Crippen molar-refractivity contribution in [3.05, 3.63) is 34.6 Å². The predicted molar refractivity (Wildman–Crippen MR) is 59.0 cm³/mol. The first kappa shape index (κ1) is 11.7. The van der Waals surface area contributed by atoms with E-state index in [1.165, 1.54) is 12.1 Å². The number of hydrogen-bond acceptors (Lipinski definition) is 1. The van der Waals surface area contributed by atoms with Crippen LogP contribution < -0.4 is 0 Å². The van der Waals surface area contributed by atoms with Gasteiger partial charge >= 0.3 is 0 Å². The van der Waals surface area contributed by atoms with Gasteiger partial charge in [0.25, 0.3) is 0 Å². The molecule has 0 aromatic heterocycles. The van der Waals surface area contributed by atoms with Gasteiger partial charge in [-0.25, -0.2) is 4.39 Å². The third-order valence-electron chi connectivity index (χ3n) is 1.99. The Morgan fingerprint density at radius 3 is 2.07 bits per heavy atom. The molecule has 0 saturated heterocycles. The van der Waals surface area contributed by atoms with Crippen LogP contribution in [-0.4, -0.2) is 10.7 Å². The van der Waals surface area contributed by atoms with Crippen LogP contribution in [0.3, 0.4) is 0 Å². The number of halogens is 1. The summed E-state index contributed by atoms with van der Waals surface area (Å²) in [6.45, 7) is 6.86. The second kappa shape index (κ2) is 4.04. The second-order valence-electron chi connectivity index (χ2n) is 4.22. The van der Waals surface area contributed by atoms with E-state index < -0.39 is 5.60 Å². The van der Waals surface area contributed by atoms with Gasteiger partial charge < -0.3 is 5.11 Å². The first-order chi connectivity index (χ1) is 6.79. The summed E-state index contributed by atoms with van der Waals surface area (Å²) >= 11 is 0. The average Bonchev–Trinajstić information content (AvgIpc) is 1.99. The van der Waals surface area contributed by atoms with Crippen LogP contribution >= 0.6 is 0 Å². The molecule has 0 atom stereocenters. The molecule has 0 fully saturated rings. The van der Waals surface area contributed by atoms with Crippen LogP contribution in [0.15, 0.2) is 12.1 Å². The lowest BCUT2D eigenvalue weighted by molar-refractivity contribution is 0.143. The molecule has 0 amide bonds. The Bertz CT molecular complexity index is 407. The average molecular weight is 206 g/mol. The van der Waals surface area contributed by atoms with Gasteiger partial charge in [0, 0.05) is 5.56 Å². The minimum absolute atomic E-state index is 0.251. The van der Waals surface area contributed by atoms with Gasteiger partial charge in [-0.2, -0.15) is 0 Å². The number of benzene rings is 1. The van der Waals surface area contributed by atoms with Crippen LogP contribution in [0.2, 0.25) is 0 Å². The summed E-state index contributed by atoms with van der Waals surface area (Å²) in [6, 6.07) is 2.89. The second-order valence-corrected chi connectivity index (χ2v) is 4.22. The van der Waals surface area contributed by atoms with Gasteiger partial charge in [0.2, 0.25) is 0 Å². The molecule has 1 aromatic rings. The zero-order valence-corrected chi connectivity index (χ0v) is 9.48. The molecule has 1 aromatic carbocycles. The van der Waals surface area contributed by atoms with Crippen LogP contribution in [0.25, 0.3) is 0 Å². The van der Waals surface area contributed by atoms with E-state index in [0.717, 1.165) is 16.7 Å². The fraction of sp³-hybridized carbons (Fsp3) is 0.385. The first-order valence-corrected chi connectivity index (χ1v) is 4.82. The van der Waals surface area contributed by atoms with Gasteiger partial charge in [0.1, 0.15) is 11.4 Å². The number of rotatable bonds is 0. The molecule has 0 aliphatic heterocycles. The van der Waals surface area contributed by atoms with Crippen molar-refractivity contribution in [3.8, 4) is 11.8 Å². The van der Waals surface area contributed by atoms with E-state index in [9.17, 15) is 9.50 Å². The highest BCUT2D eigenvalue weighted by Crippen LogP contribution is 2.15. The molecule has 0 radical (unpaired) electrons. The Morgan fingerprint density at radius 2 is 1.67 bits per heavy atom. The highest BCUT2D eigenvalue weighted by molar-refractivity contribution is 5.47. The molecule has 0 aliphatic rings. The zero-order valence-electron chi connectivity index (χ0n) is 9.48. The third-order valence-corrected chi connectivity index (χ3v) is 1.99. The van der Waals surface area contributed by atoms with E-state index in [-0.39, 0.29) is 5.82 Å². The minimum atomic E-state index is -1.02. The number of hydrogen-bond donors (Lipinski definition) is 1. The highest BCUT2D eigenvalue weighted by Gasteiger charge is 2.07. The topological polar surface area (TPSA) is 20.2 Å². The van der Waals surface area contributed by atoms with Gasteiger partial charge in [-0.1, -0.05) is 11.8 Å². The Labute approximate surface area is 89.9 Å². The molecular weight excluding hydrogens is 191 g/mol. The molecule has 0 heterocycles. The molecule has 15 heavy (non-hydrogen) atoms. The van der Waals surface area contributed by atoms with Gasteiger partial charge in [-0.3, -0.25) is 0 Å². The molecule has 0 unspecified atom stereocenters. The van der Waals surface area contributed by atoms with Crippen LogP contribution in [0.1, 0.15) is 30.5 Å². The quantitative estimate of drug-likeness (QED) is 0.647. The maximum absolute atomic E-state index is 13.0. The molecule has 0 spiro atoms. The summed E-state index contributed by atoms with van der Waals surface area (Å²) in [4.78, 5) is 0. The summed E-state index contributed by atoms with van der Waals surface area (Å²) in [5, 5.41) is 9.47. The predicted octanol–water partition coefficient (Wildman–Crippen LogP) is 2.56. The first-order valence-electron chi connectivity index (χ1n) is 4.82. The molecular formula is C13H15FO.